The second-order valence-electron chi connectivity index (χ2n) is 10.5. The maximum Gasteiger partial charge on any atom is 0.487 e. The average molecular weight is 594 g/mol. The van der Waals surface area contributed by atoms with E-state index in [2.05, 4.69) is 19.6 Å². The number of carbonyl (C=O) groups excluding carboxylic acids is 2. The van der Waals surface area contributed by atoms with Gasteiger partial charge in [0.05, 0.1) is 29.4 Å². The van der Waals surface area contributed by atoms with Crippen LogP contribution in [0.4, 0.5) is 14.5 Å². The zero-order valence-corrected chi connectivity index (χ0v) is 23.7. The molecule has 1 N–H and O–H groups in total. The van der Waals surface area contributed by atoms with Gasteiger partial charge in [-0.25, -0.2) is 4.98 Å². The van der Waals surface area contributed by atoms with E-state index in [0.717, 1.165) is 11.3 Å². The minimum Gasteiger partial charge on any atom is -0.420 e. The molecule has 42 heavy (non-hydrogen) atoms. The minimum absolute atomic E-state index is 0.00285. The largest absolute Gasteiger partial charge is 0.487 e. The number of hydrogen-bond acceptors (Lipinski definition) is 7. The SMILES string of the molecule is C[C@@H]1COCc2nc3cc(C(=O)Nc4ccc(OC(F)(F)Cl)cc4)cc(-c4cnc5c(c4)C(=O)/C(=C\N(C)C)C5)c3n21. The third kappa shape index (κ3) is 5.33. The second-order valence-corrected chi connectivity index (χ2v) is 11.0. The van der Waals surface area contributed by atoms with Crippen LogP contribution in [0.15, 0.2) is 60.4 Å². The number of ether oxygens (including phenoxy) is 2. The van der Waals surface area contributed by atoms with Crippen LogP contribution in [-0.2, 0) is 17.8 Å². The van der Waals surface area contributed by atoms with Gasteiger partial charge in [0.1, 0.15) is 18.2 Å². The van der Waals surface area contributed by atoms with Crippen LogP contribution in [0.3, 0.4) is 0 Å². The van der Waals surface area contributed by atoms with Crippen molar-refractivity contribution in [1.29, 1.82) is 0 Å². The van der Waals surface area contributed by atoms with E-state index in [0.29, 0.717) is 64.4 Å². The number of allylic oxidation sites excluding steroid dienone is 1. The van der Waals surface area contributed by atoms with E-state index in [9.17, 15) is 18.4 Å². The molecule has 216 valence electrons. The predicted molar refractivity (Wildman–Crippen MR) is 153 cm³/mol. The van der Waals surface area contributed by atoms with E-state index in [1.54, 1.807) is 18.3 Å². The number of benzene rings is 2. The van der Waals surface area contributed by atoms with Crippen molar-refractivity contribution >= 4 is 40.0 Å². The fraction of sp³-hybridized carbons (Fsp3) is 0.267. The number of aromatic nitrogens is 3. The lowest BCUT2D eigenvalue weighted by Crippen LogP contribution is -2.21. The Kier molecular flexibility index (Phi) is 6.94. The summed E-state index contributed by atoms with van der Waals surface area (Å²) in [7, 11) is 3.73. The van der Waals surface area contributed by atoms with Crippen LogP contribution in [-0.4, -0.2) is 57.4 Å². The molecule has 2 aromatic carbocycles. The molecule has 9 nitrogen and oxygen atoms in total. The third-order valence-corrected chi connectivity index (χ3v) is 7.16. The Hall–Kier alpha value is -4.35. The standard InChI is InChI=1S/C30H26ClF2N5O4/c1-16-14-41-15-26-36-25-10-17(29(40)35-20-4-6-21(7-5-20)42-30(31,32)33)8-22(27(25)38(16)26)18-9-23-24(34-12-18)11-19(28(23)39)13-37(2)3/h4-10,12-13,16H,11,14-15H2,1-3H3,(H,35,40)/b19-13-/t16-/m1/s1. The van der Waals surface area contributed by atoms with Crippen molar-refractivity contribution in [2.45, 2.75) is 31.6 Å². The number of rotatable bonds is 6. The molecule has 0 radical (unpaired) electrons. The smallest absolute Gasteiger partial charge is 0.420 e. The first kappa shape index (κ1) is 27.8. The highest BCUT2D eigenvalue weighted by atomic mass is 35.5. The van der Waals surface area contributed by atoms with Crippen molar-refractivity contribution in [3.05, 3.63) is 83.1 Å². The molecule has 0 spiro atoms. The highest BCUT2D eigenvalue weighted by Crippen LogP contribution is 2.37. The van der Waals surface area contributed by atoms with Gasteiger partial charge in [0.2, 0.25) is 0 Å². The maximum absolute atomic E-state index is 13.4. The minimum atomic E-state index is -3.84. The maximum atomic E-state index is 13.4. The van der Waals surface area contributed by atoms with Gasteiger partial charge in [-0.3, -0.25) is 14.6 Å². The molecule has 3 heterocycles. The average Bonchev–Trinajstić information content (AvgIpc) is 3.45. The molecule has 6 rings (SSSR count). The number of amides is 1. The third-order valence-electron chi connectivity index (χ3n) is 7.09. The Labute approximate surface area is 244 Å². The van der Waals surface area contributed by atoms with Gasteiger partial charge in [-0.2, -0.15) is 0 Å². The first-order valence-corrected chi connectivity index (χ1v) is 13.6. The van der Waals surface area contributed by atoms with E-state index < -0.39 is 11.5 Å². The number of halogens is 3. The molecular weight excluding hydrogens is 568 g/mol. The fourth-order valence-corrected chi connectivity index (χ4v) is 5.46. The van der Waals surface area contributed by atoms with Crippen LogP contribution in [0, 0.1) is 0 Å². The molecule has 0 unspecified atom stereocenters. The monoisotopic (exact) mass is 593 g/mol. The van der Waals surface area contributed by atoms with Crippen LogP contribution in [0.25, 0.3) is 22.2 Å². The normalized spacial score (nSPS) is 17.3. The predicted octanol–water partition coefficient (Wildman–Crippen LogP) is 5.79. The summed E-state index contributed by atoms with van der Waals surface area (Å²) in [6.07, 6.45) is 3.98. The summed E-state index contributed by atoms with van der Waals surface area (Å²) in [5.41, 5.74) is 1.53. The molecule has 0 fully saturated rings. The number of alkyl halides is 3. The number of pyridine rings is 1. The quantitative estimate of drug-likeness (QED) is 0.223. The van der Waals surface area contributed by atoms with Crippen molar-refractivity contribution in [3.63, 3.8) is 0 Å². The van der Waals surface area contributed by atoms with Crippen LogP contribution >= 0.6 is 11.6 Å². The Bertz CT molecular complexity index is 1760. The van der Waals surface area contributed by atoms with Crippen molar-refractivity contribution in [2.24, 2.45) is 0 Å². The summed E-state index contributed by atoms with van der Waals surface area (Å²) in [4.78, 5) is 37.9. The van der Waals surface area contributed by atoms with Crippen molar-refractivity contribution in [1.82, 2.24) is 19.4 Å². The van der Waals surface area contributed by atoms with Crippen LogP contribution in [0.5, 0.6) is 5.75 Å². The first-order valence-electron chi connectivity index (χ1n) is 13.2. The molecule has 1 aliphatic carbocycles. The summed E-state index contributed by atoms with van der Waals surface area (Å²) in [6, 6.07) is 10.7. The number of hydrogen-bond donors (Lipinski definition) is 1. The Morgan fingerprint density at radius 2 is 1.98 bits per heavy atom. The molecule has 1 aliphatic heterocycles. The number of Topliss-reactive ketones (excluding diaryl/α,β-unsaturated/α-hetero) is 1. The van der Waals surface area contributed by atoms with Gasteiger partial charge < -0.3 is 24.3 Å². The molecule has 1 amide bonds. The molecule has 0 bridgehead atoms. The van der Waals surface area contributed by atoms with Gasteiger partial charge in [0.25, 0.3) is 5.91 Å². The van der Waals surface area contributed by atoms with E-state index >= 15 is 0 Å². The molecule has 2 aromatic heterocycles. The Balaban J connectivity index is 1.41. The van der Waals surface area contributed by atoms with Gasteiger partial charge in [0, 0.05) is 78.0 Å². The van der Waals surface area contributed by atoms with Crippen LogP contribution in [0.1, 0.15) is 45.2 Å². The van der Waals surface area contributed by atoms with Crippen molar-refractivity contribution < 1.29 is 27.8 Å². The van der Waals surface area contributed by atoms with E-state index in [1.165, 1.54) is 24.3 Å². The Morgan fingerprint density at radius 1 is 1.21 bits per heavy atom. The number of carbonyl (C=O) groups is 2. The Morgan fingerprint density at radius 3 is 2.69 bits per heavy atom. The van der Waals surface area contributed by atoms with E-state index in [-0.39, 0.29) is 17.6 Å². The van der Waals surface area contributed by atoms with Gasteiger partial charge >= 0.3 is 5.57 Å². The summed E-state index contributed by atoms with van der Waals surface area (Å²) in [5.74, 6) is 0.0651. The van der Waals surface area contributed by atoms with Gasteiger partial charge in [-0.15, -0.1) is 8.78 Å². The van der Waals surface area contributed by atoms with Crippen molar-refractivity contribution in [3.8, 4) is 16.9 Å². The van der Waals surface area contributed by atoms with Gasteiger partial charge in [-0.05, 0) is 49.4 Å². The molecule has 4 aromatic rings. The van der Waals surface area contributed by atoms with Gasteiger partial charge in [-0.1, -0.05) is 0 Å². The number of ketones is 1. The number of nitrogens with one attached hydrogen (secondary N) is 1. The summed E-state index contributed by atoms with van der Waals surface area (Å²) >= 11 is 4.83. The molecule has 2 aliphatic rings. The number of imidazole rings is 1. The highest BCUT2D eigenvalue weighted by Gasteiger charge is 2.30. The molecular formula is C30H26ClF2N5O4. The fourth-order valence-electron chi connectivity index (χ4n) is 5.37. The molecule has 1 atom stereocenters. The molecule has 12 heteroatoms. The zero-order chi connectivity index (χ0) is 29.8. The summed E-state index contributed by atoms with van der Waals surface area (Å²) in [6.45, 7) is 2.87. The topological polar surface area (TPSA) is 98.6 Å². The second kappa shape index (κ2) is 10.5. The lowest BCUT2D eigenvalue weighted by molar-refractivity contribution is -0.0964. The van der Waals surface area contributed by atoms with Crippen LogP contribution < -0.4 is 10.1 Å². The first-order chi connectivity index (χ1) is 20.0. The summed E-state index contributed by atoms with van der Waals surface area (Å²) in [5, 5.41) is 2.78. The molecule has 0 saturated carbocycles. The van der Waals surface area contributed by atoms with E-state index in [1.807, 2.05) is 38.2 Å². The number of anilines is 1. The summed E-state index contributed by atoms with van der Waals surface area (Å²) < 4.78 is 38.0. The van der Waals surface area contributed by atoms with Crippen molar-refractivity contribution in [2.75, 3.05) is 26.0 Å². The van der Waals surface area contributed by atoms with Crippen LogP contribution in [0.2, 0.25) is 0 Å². The zero-order valence-electron chi connectivity index (χ0n) is 23.0. The lowest BCUT2D eigenvalue weighted by Gasteiger charge is -2.23. The number of fused-ring (bicyclic) bond motifs is 4. The highest BCUT2D eigenvalue weighted by molar-refractivity contribution is 6.20. The van der Waals surface area contributed by atoms with E-state index in [4.69, 9.17) is 21.3 Å². The van der Waals surface area contributed by atoms with Gasteiger partial charge in [0.15, 0.2) is 5.78 Å². The number of nitrogens with zero attached hydrogens (tertiary/aromatic N) is 4. The molecule has 0 saturated heterocycles. The lowest BCUT2D eigenvalue weighted by atomic mass is 9.99.